The Morgan fingerprint density at radius 2 is 1.89 bits per heavy atom. The lowest BCUT2D eigenvalue weighted by Gasteiger charge is -2.26. The summed E-state index contributed by atoms with van der Waals surface area (Å²) in [6, 6.07) is 0. The quantitative estimate of drug-likeness (QED) is 0.717. The molecule has 0 saturated heterocycles. The second-order valence-corrected chi connectivity index (χ2v) is 5.08. The molecule has 6 nitrogen and oxygen atoms in total. The highest BCUT2D eigenvalue weighted by Crippen LogP contribution is 2.27. The number of hydrogen-bond acceptors (Lipinski definition) is 5. The van der Waals surface area contributed by atoms with Crippen LogP contribution in [-0.2, 0) is 0 Å². The zero-order valence-electron chi connectivity index (χ0n) is 10.8. The van der Waals surface area contributed by atoms with Crippen LogP contribution < -0.4 is 5.32 Å². The van der Waals surface area contributed by atoms with Crippen molar-refractivity contribution in [1.29, 1.82) is 0 Å². The second kappa shape index (κ2) is 5.97. The fraction of sp³-hybridized carbons (Fsp3) is 0.615. The average molecular weight is 265 g/mol. The number of carboxylic acid groups (broad SMARTS) is 1. The minimum Gasteiger partial charge on any atom is -0.476 e. The van der Waals surface area contributed by atoms with Crippen LogP contribution in [0.2, 0.25) is 0 Å². The van der Waals surface area contributed by atoms with Gasteiger partial charge in [0, 0.05) is 6.54 Å². The van der Waals surface area contributed by atoms with E-state index in [2.05, 4.69) is 15.3 Å². The molecule has 1 heterocycles. The van der Waals surface area contributed by atoms with E-state index in [4.69, 9.17) is 5.11 Å². The maximum absolute atomic E-state index is 10.6. The van der Waals surface area contributed by atoms with Crippen LogP contribution in [-0.4, -0.2) is 38.3 Å². The summed E-state index contributed by atoms with van der Waals surface area (Å²) >= 11 is 0. The summed E-state index contributed by atoms with van der Waals surface area (Å²) in [4.78, 5) is 18.4. The molecule has 0 amide bonds. The van der Waals surface area contributed by atoms with Gasteiger partial charge in [0.25, 0.3) is 0 Å². The standard InChI is InChI=1S/C13H19N3O3/c17-12(18)10-7-15-11(8-14-10)16-9-13(19)5-3-1-2-4-6-13/h7-8,19H,1-6,9H2,(H,15,16)(H,17,18). The maximum atomic E-state index is 10.6. The molecule has 1 aliphatic carbocycles. The van der Waals surface area contributed by atoms with Gasteiger partial charge in [-0.1, -0.05) is 25.7 Å². The SMILES string of the molecule is O=C(O)c1cnc(NCC2(O)CCCCCC2)cn1. The van der Waals surface area contributed by atoms with Crippen molar-refractivity contribution in [3.05, 3.63) is 18.1 Å². The molecule has 1 saturated carbocycles. The molecule has 0 spiro atoms. The first-order valence-corrected chi connectivity index (χ1v) is 6.61. The number of nitrogens with one attached hydrogen (secondary N) is 1. The molecule has 1 aliphatic rings. The van der Waals surface area contributed by atoms with Gasteiger partial charge >= 0.3 is 5.97 Å². The summed E-state index contributed by atoms with van der Waals surface area (Å²) in [5, 5.41) is 22.2. The maximum Gasteiger partial charge on any atom is 0.356 e. The third-order valence-electron chi connectivity index (χ3n) is 3.50. The minimum atomic E-state index is -1.10. The first-order chi connectivity index (χ1) is 9.09. The fourth-order valence-corrected chi connectivity index (χ4v) is 2.35. The summed E-state index contributed by atoms with van der Waals surface area (Å²) in [7, 11) is 0. The van der Waals surface area contributed by atoms with Crippen molar-refractivity contribution in [2.45, 2.75) is 44.1 Å². The molecule has 0 atom stereocenters. The molecule has 19 heavy (non-hydrogen) atoms. The number of carbonyl (C=O) groups is 1. The number of rotatable bonds is 4. The van der Waals surface area contributed by atoms with Crippen molar-refractivity contribution >= 4 is 11.8 Å². The van der Waals surface area contributed by atoms with E-state index in [0.717, 1.165) is 25.7 Å². The summed E-state index contributed by atoms with van der Waals surface area (Å²) < 4.78 is 0. The molecule has 3 N–H and O–H groups in total. The molecule has 6 heteroatoms. The Bertz CT molecular complexity index is 425. The van der Waals surface area contributed by atoms with Gasteiger partial charge in [-0.15, -0.1) is 0 Å². The van der Waals surface area contributed by atoms with E-state index >= 15 is 0 Å². The summed E-state index contributed by atoms with van der Waals surface area (Å²) in [6.45, 7) is 0.425. The van der Waals surface area contributed by atoms with Gasteiger partial charge in [-0.3, -0.25) is 0 Å². The molecule has 1 aromatic rings. The Morgan fingerprint density at radius 1 is 1.21 bits per heavy atom. The Balaban J connectivity index is 1.92. The van der Waals surface area contributed by atoms with E-state index in [1.54, 1.807) is 0 Å². The first kappa shape index (κ1) is 13.7. The normalized spacial score (nSPS) is 18.6. The summed E-state index contributed by atoms with van der Waals surface area (Å²) in [6.07, 6.45) is 8.61. The molecule has 0 aliphatic heterocycles. The van der Waals surface area contributed by atoms with E-state index in [9.17, 15) is 9.90 Å². The fourth-order valence-electron chi connectivity index (χ4n) is 2.35. The number of nitrogens with zero attached hydrogens (tertiary/aromatic N) is 2. The van der Waals surface area contributed by atoms with E-state index in [-0.39, 0.29) is 5.69 Å². The van der Waals surface area contributed by atoms with Crippen molar-refractivity contribution in [1.82, 2.24) is 9.97 Å². The molecule has 0 unspecified atom stereocenters. The van der Waals surface area contributed by atoms with Crippen molar-refractivity contribution in [3.63, 3.8) is 0 Å². The van der Waals surface area contributed by atoms with Gasteiger partial charge in [-0.25, -0.2) is 14.8 Å². The van der Waals surface area contributed by atoms with Gasteiger partial charge < -0.3 is 15.5 Å². The number of anilines is 1. The summed E-state index contributed by atoms with van der Waals surface area (Å²) in [5.74, 6) is -0.607. The average Bonchev–Trinajstić information content (AvgIpc) is 2.62. The molecule has 1 fully saturated rings. The molecule has 1 aromatic heterocycles. The third-order valence-corrected chi connectivity index (χ3v) is 3.50. The van der Waals surface area contributed by atoms with Crippen molar-refractivity contribution in [2.24, 2.45) is 0 Å². The van der Waals surface area contributed by atoms with Crippen LogP contribution in [0.15, 0.2) is 12.4 Å². The number of aromatic nitrogens is 2. The smallest absolute Gasteiger partial charge is 0.356 e. The number of aliphatic hydroxyl groups is 1. The second-order valence-electron chi connectivity index (χ2n) is 5.08. The molecule has 0 radical (unpaired) electrons. The Morgan fingerprint density at radius 3 is 2.42 bits per heavy atom. The van der Waals surface area contributed by atoms with Crippen LogP contribution in [0.25, 0.3) is 0 Å². The van der Waals surface area contributed by atoms with Crippen LogP contribution in [0.4, 0.5) is 5.82 Å². The molecule has 0 bridgehead atoms. The Kier molecular flexibility index (Phi) is 4.31. The molecule has 104 valence electrons. The number of hydrogen-bond donors (Lipinski definition) is 3. The van der Waals surface area contributed by atoms with E-state index < -0.39 is 11.6 Å². The van der Waals surface area contributed by atoms with Crippen molar-refractivity contribution < 1.29 is 15.0 Å². The van der Waals surface area contributed by atoms with Crippen molar-refractivity contribution in [2.75, 3.05) is 11.9 Å². The van der Waals surface area contributed by atoms with E-state index in [1.807, 2.05) is 0 Å². The molecule has 0 aromatic carbocycles. The minimum absolute atomic E-state index is 0.0845. The largest absolute Gasteiger partial charge is 0.476 e. The molecular weight excluding hydrogens is 246 g/mol. The monoisotopic (exact) mass is 265 g/mol. The van der Waals surface area contributed by atoms with Gasteiger partial charge in [-0.2, -0.15) is 0 Å². The highest BCUT2D eigenvalue weighted by molar-refractivity contribution is 5.84. The Labute approximate surface area is 111 Å². The van der Waals surface area contributed by atoms with Gasteiger partial charge in [-0.05, 0) is 12.8 Å². The van der Waals surface area contributed by atoms with Gasteiger partial charge in [0.05, 0.1) is 18.0 Å². The van der Waals surface area contributed by atoms with Gasteiger partial charge in [0.15, 0.2) is 5.69 Å². The topological polar surface area (TPSA) is 95.3 Å². The highest BCUT2D eigenvalue weighted by Gasteiger charge is 2.27. The zero-order chi connectivity index (χ0) is 13.7. The van der Waals surface area contributed by atoms with Crippen LogP contribution in [0.3, 0.4) is 0 Å². The Hall–Kier alpha value is -1.69. The number of carboxylic acids is 1. The van der Waals surface area contributed by atoms with E-state index in [0.29, 0.717) is 12.4 Å². The lowest BCUT2D eigenvalue weighted by atomic mass is 9.94. The van der Waals surface area contributed by atoms with Crippen LogP contribution in [0.5, 0.6) is 0 Å². The summed E-state index contributed by atoms with van der Waals surface area (Å²) in [5.41, 5.74) is -0.775. The highest BCUT2D eigenvalue weighted by atomic mass is 16.4. The number of aromatic carboxylic acids is 1. The lowest BCUT2D eigenvalue weighted by Crippen LogP contribution is -2.36. The molecular formula is C13H19N3O3. The van der Waals surface area contributed by atoms with Crippen LogP contribution >= 0.6 is 0 Å². The van der Waals surface area contributed by atoms with Gasteiger partial charge in [0.1, 0.15) is 5.82 Å². The van der Waals surface area contributed by atoms with Crippen LogP contribution in [0, 0.1) is 0 Å². The van der Waals surface area contributed by atoms with Crippen molar-refractivity contribution in [3.8, 4) is 0 Å². The predicted molar refractivity (Wildman–Crippen MR) is 70.1 cm³/mol. The van der Waals surface area contributed by atoms with Crippen LogP contribution in [0.1, 0.15) is 49.0 Å². The predicted octanol–water partition coefficient (Wildman–Crippen LogP) is 1.67. The molecule has 2 rings (SSSR count). The third kappa shape index (κ3) is 3.89. The first-order valence-electron chi connectivity index (χ1n) is 6.61. The zero-order valence-corrected chi connectivity index (χ0v) is 10.8. The van der Waals surface area contributed by atoms with Gasteiger partial charge in [0.2, 0.25) is 0 Å². The lowest BCUT2D eigenvalue weighted by molar-refractivity contribution is 0.0380. The van der Waals surface area contributed by atoms with E-state index in [1.165, 1.54) is 25.2 Å².